The minimum atomic E-state index is -0.302. The van der Waals surface area contributed by atoms with E-state index in [-0.39, 0.29) is 17.5 Å². The first kappa shape index (κ1) is 18.4. The highest BCUT2D eigenvalue weighted by molar-refractivity contribution is 5.75. The number of hydrogen-bond donors (Lipinski definition) is 1. The van der Waals surface area contributed by atoms with E-state index in [4.69, 9.17) is 9.47 Å². The van der Waals surface area contributed by atoms with Gasteiger partial charge in [0.1, 0.15) is 5.75 Å². The van der Waals surface area contributed by atoms with E-state index >= 15 is 0 Å². The van der Waals surface area contributed by atoms with Gasteiger partial charge in [0, 0.05) is 38.1 Å². The lowest BCUT2D eigenvalue weighted by molar-refractivity contribution is 0.0851. The zero-order chi connectivity index (χ0) is 18.6. The molecule has 0 atom stereocenters. The highest BCUT2D eigenvalue weighted by Crippen LogP contribution is 2.47. The summed E-state index contributed by atoms with van der Waals surface area (Å²) in [5.41, 5.74) is 1.29. The van der Waals surface area contributed by atoms with Gasteiger partial charge in [-0.05, 0) is 37.5 Å². The molecule has 0 unspecified atom stereocenters. The minimum absolute atomic E-state index is 0.0503. The van der Waals surface area contributed by atoms with Crippen LogP contribution < -0.4 is 10.1 Å². The molecule has 3 amide bonds. The predicted octanol–water partition coefficient (Wildman–Crippen LogP) is 2.21. The maximum atomic E-state index is 12.5. The number of ether oxygens (including phenoxy) is 2. The Balaban J connectivity index is 1.48. The number of nitrogens with zero attached hydrogens (tertiary/aromatic N) is 2. The van der Waals surface area contributed by atoms with Gasteiger partial charge in [-0.1, -0.05) is 12.1 Å². The van der Waals surface area contributed by atoms with Crippen molar-refractivity contribution in [2.75, 3.05) is 46.4 Å². The molecule has 1 aromatic carbocycles. The Kier molecular flexibility index (Phi) is 5.54. The van der Waals surface area contributed by atoms with E-state index in [1.165, 1.54) is 5.56 Å². The molecule has 0 aromatic heterocycles. The van der Waals surface area contributed by atoms with Crippen molar-refractivity contribution in [2.45, 2.75) is 25.2 Å². The molecule has 7 heteroatoms. The summed E-state index contributed by atoms with van der Waals surface area (Å²) in [5.74, 6) is 0.841. The molecule has 2 aliphatic rings. The summed E-state index contributed by atoms with van der Waals surface area (Å²) in [6, 6.07) is 8.03. The molecule has 26 heavy (non-hydrogen) atoms. The second-order valence-corrected chi connectivity index (χ2v) is 6.84. The maximum absolute atomic E-state index is 12.5. The quantitative estimate of drug-likeness (QED) is 0.873. The monoisotopic (exact) mass is 361 g/mol. The van der Waals surface area contributed by atoms with Gasteiger partial charge in [-0.25, -0.2) is 9.59 Å². The number of urea groups is 1. The van der Waals surface area contributed by atoms with Gasteiger partial charge in [0.05, 0.1) is 13.7 Å². The van der Waals surface area contributed by atoms with E-state index in [0.717, 1.165) is 18.6 Å². The van der Waals surface area contributed by atoms with Crippen molar-refractivity contribution in [1.82, 2.24) is 15.1 Å². The van der Waals surface area contributed by atoms with Crippen molar-refractivity contribution in [2.24, 2.45) is 0 Å². The van der Waals surface area contributed by atoms with Crippen LogP contribution in [-0.2, 0) is 10.2 Å². The van der Waals surface area contributed by atoms with Crippen molar-refractivity contribution in [3.63, 3.8) is 0 Å². The number of carbonyl (C=O) groups is 2. The van der Waals surface area contributed by atoms with Gasteiger partial charge in [0.2, 0.25) is 0 Å². The summed E-state index contributed by atoms with van der Waals surface area (Å²) in [7, 11) is 1.66. The molecule has 3 rings (SSSR count). The first-order valence-electron chi connectivity index (χ1n) is 9.17. The second-order valence-electron chi connectivity index (χ2n) is 6.84. The van der Waals surface area contributed by atoms with Crippen molar-refractivity contribution in [3.05, 3.63) is 29.8 Å². The number of benzene rings is 1. The fraction of sp³-hybridized carbons (Fsp3) is 0.579. The van der Waals surface area contributed by atoms with Gasteiger partial charge < -0.3 is 24.6 Å². The molecular formula is C19H27N3O4. The Morgan fingerprint density at radius 2 is 1.69 bits per heavy atom. The standard InChI is InChI=1S/C19H27N3O4/c1-3-26-18(24)22-12-10-21(11-13-22)17(23)20-14-19(8-9-19)15-4-6-16(25-2)7-5-15/h4-7H,3,8-14H2,1-2H3,(H,20,23). The molecule has 1 heterocycles. The molecule has 0 radical (unpaired) electrons. The molecule has 1 aliphatic carbocycles. The predicted molar refractivity (Wildman–Crippen MR) is 97.5 cm³/mol. The minimum Gasteiger partial charge on any atom is -0.497 e. The Hall–Kier alpha value is -2.44. The number of nitrogens with one attached hydrogen (secondary N) is 1. The molecule has 1 saturated heterocycles. The van der Waals surface area contributed by atoms with Crippen LogP contribution in [0.4, 0.5) is 9.59 Å². The van der Waals surface area contributed by atoms with Crippen LogP contribution in [0.2, 0.25) is 0 Å². The topological polar surface area (TPSA) is 71.1 Å². The summed E-state index contributed by atoms with van der Waals surface area (Å²) >= 11 is 0. The van der Waals surface area contributed by atoms with E-state index in [1.54, 1.807) is 23.8 Å². The van der Waals surface area contributed by atoms with E-state index < -0.39 is 0 Å². The molecule has 1 aromatic rings. The number of rotatable bonds is 5. The lowest BCUT2D eigenvalue weighted by atomic mass is 9.96. The van der Waals surface area contributed by atoms with Gasteiger partial charge in [-0.15, -0.1) is 0 Å². The lowest BCUT2D eigenvalue weighted by Gasteiger charge is -2.34. The third-order valence-electron chi connectivity index (χ3n) is 5.23. The van der Waals surface area contributed by atoms with Crippen LogP contribution in [0.25, 0.3) is 0 Å². The fourth-order valence-corrected chi connectivity index (χ4v) is 3.33. The average Bonchev–Trinajstić information content (AvgIpc) is 3.48. The largest absolute Gasteiger partial charge is 0.497 e. The van der Waals surface area contributed by atoms with Crippen LogP contribution in [-0.4, -0.2) is 68.4 Å². The molecule has 2 fully saturated rings. The van der Waals surface area contributed by atoms with Crippen LogP contribution >= 0.6 is 0 Å². The van der Waals surface area contributed by atoms with Crippen molar-refractivity contribution < 1.29 is 19.1 Å². The zero-order valence-corrected chi connectivity index (χ0v) is 15.5. The van der Waals surface area contributed by atoms with Crippen LogP contribution in [0.1, 0.15) is 25.3 Å². The summed E-state index contributed by atoms with van der Waals surface area (Å²) in [6.07, 6.45) is 1.86. The normalized spacial score (nSPS) is 18.2. The van der Waals surface area contributed by atoms with Gasteiger partial charge in [0.25, 0.3) is 0 Å². The second kappa shape index (κ2) is 7.85. The summed E-state index contributed by atoms with van der Waals surface area (Å²) in [5, 5.41) is 3.07. The Labute approximate surface area is 154 Å². The van der Waals surface area contributed by atoms with Crippen molar-refractivity contribution >= 4 is 12.1 Å². The van der Waals surface area contributed by atoms with Crippen LogP contribution in [0.3, 0.4) is 0 Å². The Morgan fingerprint density at radius 1 is 1.08 bits per heavy atom. The smallest absolute Gasteiger partial charge is 0.409 e. The molecular weight excluding hydrogens is 334 g/mol. The highest BCUT2D eigenvalue weighted by Gasteiger charge is 2.44. The van der Waals surface area contributed by atoms with E-state index in [9.17, 15) is 9.59 Å². The molecule has 0 bridgehead atoms. The highest BCUT2D eigenvalue weighted by atomic mass is 16.6. The number of methoxy groups -OCH3 is 1. The van der Waals surface area contributed by atoms with E-state index in [0.29, 0.717) is 39.3 Å². The summed E-state index contributed by atoms with van der Waals surface area (Å²) in [6.45, 7) is 4.87. The average molecular weight is 361 g/mol. The number of piperazine rings is 1. The van der Waals surface area contributed by atoms with E-state index in [2.05, 4.69) is 17.4 Å². The molecule has 1 N–H and O–H groups in total. The number of amides is 3. The Bertz CT molecular complexity index is 635. The summed E-state index contributed by atoms with van der Waals surface area (Å²) < 4.78 is 10.2. The van der Waals surface area contributed by atoms with Gasteiger partial charge in [-0.3, -0.25) is 0 Å². The van der Waals surface area contributed by atoms with E-state index in [1.807, 2.05) is 12.1 Å². The maximum Gasteiger partial charge on any atom is 0.409 e. The number of hydrogen-bond acceptors (Lipinski definition) is 4. The first-order valence-corrected chi connectivity index (χ1v) is 9.17. The molecule has 7 nitrogen and oxygen atoms in total. The Morgan fingerprint density at radius 3 is 2.23 bits per heavy atom. The third kappa shape index (κ3) is 4.03. The molecule has 0 spiro atoms. The molecule has 1 aliphatic heterocycles. The SMILES string of the molecule is CCOC(=O)N1CCN(C(=O)NCC2(c3ccc(OC)cc3)CC2)CC1. The molecule has 1 saturated carbocycles. The van der Waals surface area contributed by atoms with Crippen LogP contribution in [0.15, 0.2) is 24.3 Å². The summed E-state index contributed by atoms with van der Waals surface area (Å²) in [4.78, 5) is 27.6. The number of carbonyl (C=O) groups excluding carboxylic acids is 2. The van der Waals surface area contributed by atoms with Crippen LogP contribution in [0, 0.1) is 0 Å². The lowest BCUT2D eigenvalue weighted by Crippen LogP contribution is -2.54. The van der Waals surface area contributed by atoms with Gasteiger partial charge in [-0.2, -0.15) is 0 Å². The van der Waals surface area contributed by atoms with Crippen molar-refractivity contribution in [3.8, 4) is 5.75 Å². The van der Waals surface area contributed by atoms with Gasteiger partial charge >= 0.3 is 12.1 Å². The van der Waals surface area contributed by atoms with Crippen molar-refractivity contribution in [1.29, 1.82) is 0 Å². The fourth-order valence-electron chi connectivity index (χ4n) is 3.33. The third-order valence-corrected chi connectivity index (χ3v) is 5.23. The molecule has 142 valence electrons. The first-order chi connectivity index (χ1) is 12.6. The zero-order valence-electron chi connectivity index (χ0n) is 15.5. The van der Waals surface area contributed by atoms with Gasteiger partial charge in [0.15, 0.2) is 0 Å². The van der Waals surface area contributed by atoms with Crippen LogP contribution in [0.5, 0.6) is 5.75 Å².